The SMILES string of the molecule is Nc1nc2c(-c3ccc(S(=O)(=O)NCC4(O)CCNCC4)c(S(N)(=O)=O)c3-c3nnn[nH]3)cccc2s1. The summed E-state index contributed by atoms with van der Waals surface area (Å²) in [5.74, 6) is -0.117. The summed E-state index contributed by atoms with van der Waals surface area (Å²) in [6.07, 6.45) is 0.651. The molecule has 2 aromatic carbocycles. The minimum absolute atomic E-state index is 0.117. The molecule has 3 heterocycles. The van der Waals surface area contributed by atoms with Gasteiger partial charge in [0, 0.05) is 12.1 Å². The fraction of sp³-hybridized carbons (Fsp3) is 0.300. The monoisotopic (exact) mass is 565 g/mol. The number of thiazole rings is 1. The van der Waals surface area contributed by atoms with Crippen LogP contribution < -0.4 is 20.9 Å². The molecule has 8 N–H and O–H groups in total. The van der Waals surface area contributed by atoms with Crippen molar-refractivity contribution < 1.29 is 21.9 Å². The predicted molar refractivity (Wildman–Crippen MR) is 136 cm³/mol. The maximum Gasteiger partial charge on any atom is 0.242 e. The number of nitrogens with zero attached hydrogens (tertiary/aromatic N) is 4. The number of para-hydroxylation sites is 1. The molecule has 0 bridgehead atoms. The molecule has 0 unspecified atom stereocenters. The molecular weight excluding hydrogens is 542 g/mol. The van der Waals surface area contributed by atoms with Gasteiger partial charge in [0.1, 0.15) is 9.79 Å². The van der Waals surface area contributed by atoms with Crippen LogP contribution in [0.2, 0.25) is 0 Å². The Bertz CT molecular complexity index is 1680. The number of nitrogens with one attached hydrogen (secondary N) is 3. The Balaban J connectivity index is 1.72. The zero-order chi connectivity index (χ0) is 26.4. The molecule has 0 spiro atoms. The number of rotatable bonds is 7. The number of primary sulfonamides is 1. The lowest BCUT2D eigenvalue weighted by atomic mass is 9.93. The van der Waals surface area contributed by atoms with Gasteiger partial charge in [0.2, 0.25) is 20.0 Å². The molecule has 0 atom stereocenters. The van der Waals surface area contributed by atoms with Crippen LogP contribution >= 0.6 is 11.3 Å². The van der Waals surface area contributed by atoms with Crippen LogP contribution in [0.1, 0.15) is 12.8 Å². The minimum atomic E-state index is -4.66. The number of aromatic nitrogens is 5. The third-order valence-electron chi connectivity index (χ3n) is 6.13. The summed E-state index contributed by atoms with van der Waals surface area (Å²) in [5, 5.41) is 33.1. The topological polar surface area (TPSA) is 232 Å². The number of H-pyrrole nitrogens is 1. The second kappa shape index (κ2) is 9.35. The van der Waals surface area contributed by atoms with Crippen molar-refractivity contribution >= 4 is 46.7 Å². The highest BCUT2D eigenvalue weighted by Gasteiger charge is 2.35. The van der Waals surface area contributed by atoms with Crippen LogP contribution in [0, 0.1) is 0 Å². The average molecular weight is 566 g/mol. The van der Waals surface area contributed by atoms with Crippen molar-refractivity contribution in [2.45, 2.75) is 28.2 Å². The quantitative estimate of drug-likeness (QED) is 0.171. The molecule has 1 aliphatic heterocycles. The maximum absolute atomic E-state index is 13.4. The lowest BCUT2D eigenvalue weighted by Crippen LogP contribution is -2.49. The van der Waals surface area contributed by atoms with Crippen molar-refractivity contribution in [2.75, 3.05) is 25.4 Å². The van der Waals surface area contributed by atoms with E-state index in [1.807, 2.05) is 0 Å². The zero-order valence-electron chi connectivity index (χ0n) is 19.2. The third kappa shape index (κ3) is 4.93. The number of aliphatic hydroxyl groups is 1. The standard InChI is InChI=1S/C20H23N9O5S3/c21-19-25-16-12(2-1-3-13(16)35-19)11-4-5-14(17(36(22,31)32)15(11)18-26-28-29-27-18)37(33,34)24-10-20(30)6-8-23-9-7-20/h1-5,23-24,30H,6-10H2,(H2,21,25)(H2,22,31,32)(H,26,27,28,29). The van der Waals surface area contributed by atoms with E-state index >= 15 is 0 Å². The highest BCUT2D eigenvalue weighted by atomic mass is 32.2. The highest BCUT2D eigenvalue weighted by Crippen LogP contribution is 2.41. The van der Waals surface area contributed by atoms with E-state index in [2.05, 4.69) is 35.6 Å². The minimum Gasteiger partial charge on any atom is -0.388 e. The van der Waals surface area contributed by atoms with Gasteiger partial charge >= 0.3 is 0 Å². The zero-order valence-corrected chi connectivity index (χ0v) is 21.6. The molecule has 0 amide bonds. The van der Waals surface area contributed by atoms with Gasteiger partial charge in [-0.3, -0.25) is 0 Å². The normalized spacial score (nSPS) is 16.3. The molecule has 0 aliphatic carbocycles. The van der Waals surface area contributed by atoms with Crippen LogP contribution in [0.25, 0.3) is 32.7 Å². The van der Waals surface area contributed by atoms with Crippen LogP contribution in [0.3, 0.4) is 0 Å². The molecule has 4 aromatic rings. The second-order valence-electron chi connectivity index (χ2n) is 8.61. The summed E-state index contributed by atoms with van der Waals surface area (Å²) < 4.78 is 55.8. The first-order valence-corrected chi connectivity index (χ1v) is 14.9. The molecular formula is C20H23N9O5S3. The van der Waals surface area contributed by atoms with E-state index in [1.165, 1.54) is 17.4 Å². The number of hydrogen-bond donors (Lipinski definition) is 6. The van der Waals surface area contributed by atoms with E-state index in [-0.39, 0.29) is 23.5 Å². The number of sulfonamides is 2. The predicted octanol–water partition coefficient (Wildman–Crippen LogP) is -0.234. The van der Waals surface area contributed by atoms with Gasteiger partial charge in [-0.15, -0.1) is 5.10 Å². The molecule has 5 rings (SSSR count). The first-order chi connectivity index (χ1) is 17.5. The van der Waals surface area contributed by atoms with Gasteiger partial charge < -0.3 is 16.2 Å². The molecule has 1 fully saturated rings. The fourth-order valence-corrected chi connectivity index (χ4v) is 7.83. The summed E-state index contributed by atoms with van der Waals surface area (Å²) >= 11 is 1.24. The Kier molecular flexibility index (Phi) is 6.47. The first-order valence-electron chi connectivity index (χ1n) is 11.0. The van der Waals surface area contributed by atoms with Crippen molar-refractivity contribution in [3.05, 3.63) is 30.3 Å². The Morgan fingerprint density at radius 1 is 1.11 bits per heavy atom. The van der Waals surface area contributed by atoms with Crippen LogP contribution in [-0.2, 0) is 20.0 Å². The number of nitrogens with two attached hydrogens (primary N) is 2. The van der Waals surface area contributed by atoms with Crippen LogP contribution in [0.15, 0.2) is 40.1 Å². The Morgan fingerprint density at radius 3 is 2.54 bits per heavy atom. The molecule has 37 heavy (non-hydrogen) atoms. The van der Waals surface area contributed by atoms with Gasteiger partial charge in [-0.2, -0.15) is 0 Å². The maximum atomic E-state index is 13.4. The van der Waals surface area contributed by atoms with E-state index in [0.717, 1.165) is 10.8 Å². The van der Waals surface area contributed by atoms with Gasteiger partial charge in [-0.25, -0.2) is 36.8 Å². The van der Waals surface area contributed by atoms with E-state index in [0.29, 0.717) is 42.1 Å². The van der Waals surface area contributed by atoms with Gasteiger partial charge in [-0.1, -0.05) is 29.5 Å². The molecule has 1 aliphatic rings. The van der Waals surface area contributed by atoms with Gasteiger partial charge in [-0.05, 0) is 54.1 Å². The average Bonchev–Trinajstić information content (AvgIpc) is 3.51. The van der Waals surface area contributed by atoms with Crippen LogP contribution in [-0.4, -0.2) is 72.8 Å². The highest BCUT2D eigenvalue weighted by molar-refractivity contribution is 7.92. The smallest absolute Gasteiger partial charge is 0.242 e. The molecule has 196 valence electrons. The third-order valence-corrected chi connectivity index (χ3v) is 9.54. The Morgan fingerprint density at radius 2 is 1.86 bits per heavy atom. The summed E-state index contributed by atoms with van der Waals surface area (Å²) in [4.78, 5) is 3.05. The molecule has 1 saturated heterocycles. The van der Waals surface area contributed by atoms with Crippen molar-refractivity contribution in [1.29, 1.82) is 0 Å². The molecule has 14 nitrogen and oxygen atoms in total. The van der Waals surface area contributed by atoms with Crippen molar-refractivity contribution in [2.24, 2.45) is 5.14 Å². The number of piperidine rings is 1. The fourth-order valence-electron chi connectivity index (χ4n) is 4.34. The summed E-state index contributed by atoms with van der Waals surface area (Å²) in [6.45, 7) is 0.731. The number of fused-ring (bicyclic) bond motifs is 1. The molecule has 0 radical (unpaired) electrons. The lowest BCUT2D eigenvalue weighted by Gasteiger charge is -2.32. The number of tetrazole rings is 1. The number of hydrogen-bond acceptors (Lipinski definition) is 12. The van der Waals surface area contributed by atoms with Gasteiger partial charge in [0.15, 0.2) is 11.0 Å². The number of anilines is 1. The van der Waals surface area contributed by atoms with Crippen molar-refractivity contribution in [3.8, 4) is 22.5 Å². The summed E-state index contributed by atoms with van der Waals surface area (Å²) in [6, 6.07) is 7.81. The first kappa shape index (κ1) is 25.6. The van der Waals surface area contributed by atoms with E-state index in [1.54, 1.807) is 18.2 Å². The Hall–Kier alpha value is -3.06. The summed E-state index contributed by atoms with van der Waals surface area (Å²) in [5.41, 5.74) is 5.71. The van der Waals surface area contributed by atoms with Crippen LogP contribution in [0.5, 0.6) is 0 Å². The van der Waals surface area contributed by atoms with Gasteiger partial charge in [0.05, 0.1) is 21.4 Å². The van der Waals surface area contributed by atoms with Crippen molar-refractivity contribution in [1.82, 2.24) is 35.6 Å². The lowest BCUT2D eigenvalue weighted by molar-refractivity contribution is 0.0158. The van der Waals surface area contributed by atoms with Gasteiger partial charge in [0.25, 0.3) is 0 Å². The van der Waals surface area contributed by atoms with E-state index in [4.69, 9.17) is 10.9 Å². The molecule has 17 heteroatoms. The molecule has 2 aromatic heterocycles. The number of aromatic amines is 1. The number of nitrogen functional groups attached to an aromatic ring is 1. The van der Waals surface area contributed by atoms with Crippen LogP contribution in [0.4, 0.5) is 5.13 Å². The van der Waals surface area contributed by atoms with E-state index in [9.17, 15) is 21.9 Å². The number of benzene rings is 2. The Labute approximate surface area is 215 Å². The van der Waals surface area contributed by atoms with Crippen molar-refractivity contribution in [3.63, 3.8) is 0 Å². The van der Waals surface area contributed by atoms with E-state index < -0.39 is 35.4 Å². The second-order valence-corrected chi connectivity index (χ2v) is 12.9. The summed E-state index contributed by atoms with van der Waals surface area (Å²) in [7, 11) is -9.13. The largest absolute Gasteiger partial charge is 0.388 e. The molecule has 0 saturated carbocycles.